The van der Waals surface area contributed by atoms with Crippen molar-refractivity contribution in [3.8, 4) is 5.75 Å². The average Bonchev–Trinajstić information content (AvgIpc) is 2.73. The lowest BCUT2D eigenvalue weighted by atomic mass is 9.96. The fourth-order valence-corrected chi connectivity index (χ4v) is 3.41. The molecular formula is C22H25F3N2O2. The van der Waals surface area contributed by atoms with Crippen LogP contribution in [0.4, 0.5) is 18.9 Å². The number of carbonyl (C=O) groups is 1. The molecule has 2 aromatic carbocycles. The summed E-state index contributed by atoms with van der Waals surface area (Å²) in [5.74, 6) is -1.01. The summed E-state index contributed by atoms with van der Waals surface area (Å²) in [4.78, 5) is 14.1. The molecule has 1 aliphatic heterocycles. The summed E-state index contributed by atoms with van der Waals surface area (Å²) < 4.78 is 44.7. The molecule has 2 aromatic rings. The average molecular weight is 406 g/mol. The number of benzene rings is 2. The Balaban J connectivity index is 1.52. The largest absolute Gasteiger partial charge is 0.489 e. The standard InChI is InChI=1S/C22H25F3N2O2/c1-16(27-13-5-8-18(14-27)22(23,24)25)21(28)26-19-9-11-20(12-10-19)29-15-17-6-3-2-4-7-17/h2-4,6-7,9-12,16,18H,5,8,13-15H2,1H3,(H,26,28). The smallest absolute Gasteiger partial charge is 0.393 e. The predicted molar refractivity (Wildman–Crippen MR) is 106 cm³/mol. The molecule has 1 saturated heterocycles. The number of likely N-dealkylation sites (tertiary alicyclic amines) is 1. The second-order valence-corrected chi connectivity index (χ2v) is 7.34. The van der Waals surface area contributed by atoms with Gasteiger partial charge in [-0.05, 0) is 56.1 Å². The second kappa shape index (κ2) is 9.31. The normalized spacial score (nSPS) is 18.8. The first-order valence-corrected chi connectivity index (χ1v) is 9.71. The highest BCUT2D eigenvalue weighted by molar-refractivity contribution is 5.94. The first kappa shape index (κ1) is 21.2. The van der Waals surface area contributed by atoms with Gasteiger partial charge in [0.15, 0.2) is 0 Å². The van der Waals surface area contributed by atoms with Gasteiger partial charge in [0.05, 0.1) is 12.0 Å². The van der Waals surface area contributed by atoms with Crippen LogP contribution in [0.3, 0.4) is 0 Å². The van der Waals surface area contributed by atoms with Gasteiger partial charge in [-0.25, -0.2) is 0 Å². The molecule has 1 heterocycles. The first-order chi connectivity index (χ1) is 13.8. The van der Waals surface area contributed by atoms with Crippen molar-refractivity contribution in [2.75, 3.05) is 18.4 Å². The number of hydrogen-bond donors (Lipinski definition) is 1. The van der Waals surface area contributed by atoms with E-state index in [2.05, 4.69) is 5.32 Å². The van der Waals surface area contributed by atoms with Gasteiger partial charge in [-0.15, -0.1) is 0 Å². The minimum atomic E-state index is -4.22. The molecule has 156 valence electrons. The summed E-state index contributed by atoms with van der Waals surface area (Å²) in [5, 5.41) is 2.78. The Morgan fingerprint density at radius 3 is 2.52 bits per heavy atom. The summed E-state index contributed by atoms with van der Waals surface area (Å²) in [7, 11) is 0. The molecule has 0 spiro atoms. The number of ether oxygens (including phenoxy) is 1. The summed E-state index contributed by atoms with van der Waals surface area (Å²) in [6.07, 6.45) is -3.65. The number of nitrogens with one attached hydrogen (secondary N) is 1. The monoisotopic (exact) mass is 406 g/mol. The minimum absolute atomic E-state index is 0.124. The highest BCUT2D eigenvalue weighted by atomic mass is 19.4. The Hall–Kier alpha value is -2.54. The lowest BCUT2D eigenvalue weighted by Crippen LogP contribution is -2.49. The van der Waals surface area contributed by atoms with Crippen molar-refractivity contribution in [1.29, 1.82) is 0 Å². The van der Waals surface area contributed by atoms with Crippen LogP contribution in [-0.2, 0) is 11.4 Å². The molecule has 0 aromatic heterocycles. The number of hydrogen-bond acceptors (Lipinski definition) is 3. The summed E-state index contributed by atoms with van der Waals surface area (Å²) in [6, 6.07) is 16.1. The molecule has 2 atom stereocenters. The Morgan fingerprint density at radius 2 is 1.86 bits per heavy atom. The highest BCUT2D eigenvalue weighted by Crippen LogP contribution is 2.33. The topological polar surface area (TPSA) is 41.6 Å². The number of amides is 1. The first-order valence-electron chi connectivity index (χ1n) is 9.71. The van der Waals surface area contributed by atoms with Crippen molar-refractivity contribution in [2.45, 2.75) is 38.6 Å². The molecule has 3 rings (SSSR count). The third kappa shape index (κ3) is 5.97. The van der Waals surface area contributed by atoms with Gasteiger partial charge in [-0.3, -0.25) is 9.69 Å². The Kier molecular flexibility index (Phi) is 6.79. The second-order valence-electron chi connectivity index (χ2n) is 7.34. The van der Waals surface area contributed by atoms with E-state index in [1.165, 1.54) is 0 Å². The lowest BCUT2D eigenvalue weighted by Gasteiger charge is -2.36. The number of piperidine rings is 1. The number of carbonyl (C=O) groups excluding carboxylic acids is 1. The zero-order valence-electron chi connectivity index (χ0n) is 16.3. The number of nitrogens with zero attached hydrogens (tertiary/aromatic N) is 1. The lowest BCUT2D eigenvalue weighted by molar-refractivity contribution is -0.188. The molecule has 1 N–H and O–H groups in total. The molecule has 0 bridgehead atoms. The van der Waals surface area contributed by atoms with Gasteiger partial charge >= 0.3 is 6.18 Å². The van der Waals surface area contributed by atoms with Crippen LogP contribution in [0.1, 0.15) is 25.3 Å². The van der Waals surface area contributed by atoms with Gasteiger partial charge in [0.25, 0.3) is 0 Å². The van der Waals surface area contributed by atoms with E-state index in [0.29, 0.717) is 31.0 Å². The van der Waals surface area contributed by atoms with Crippen LogP contribution in [0.2, 0.25) is 0 Å². The van der Waals surface area contributed by atoms with E-state index < -0.39 is 18.1 Å². The van der Waals surface area contributed by atoms with E-state index >= 15 is 0 Å². The van der Waals surface area contributed by atoms with Gasteiger partial charge in [0.2, 0.25) is 5.91 Å². The van der Waals surface area contributed by atoms with Crippen molar-refractivity contribution in [1.82, 2.24) is 4.90 Å². The van der Waals surface area contributed by atoms with E-state index in [4.69, 9.17) is 4.74 Å². The van der Waals surface area contributed by atoms with Crippen molar-refractivity contribution >= 4 is 11.6 Å². The number of rotatable bonds is 6. The number of anilines is 1. The van der Waals surface area contributed by atoms with Crippen molar-refractivity contribution in [3.63, 3.8) is 0 Å². The van der Waals surface area contributed by atoms with Crippen molar-refractivity contribution in [2.24, 2.45) is 5.92 Å². The number of alkyl halides is 3. The van der Waals surface area contributed by atoms with Crippen LogP contribution in [-0.4, -0.2) is 36.1 Å². The van der Waals surface area contributed by atoms with Gasteiger partial charge < -0.3 is 10.1 Å². The minimum Gasteiger partial charge on any atom is -0.489 e. The maximum atomic E-state index is 13.0. The van der Waals surface area contributed by atoms with Crippen LogP contribution in [0.5, 0.6) is 5.75 Å². The SMILES string of the molecule is CC(C(=O)Nc1ccc(OCc2ccccc2)cc1)N1CCCC(C(F)(F)F)C1. The molecule has 4 nitrogen and oxygen atoms in total. The van der Waals surface area contributed by atoms with Gasteiger partial charge in [0.1, 0.15) is 12.4 Å². The molecule has 1 amide bonds. The van der Waals surface area contributed by atoms with Crippen molar-refractivity contribution < 1.29 is 22.7 Å². The maximum Gasteiger partial charge on any atom is 0.393 e. The van der Waals surface area contributed by atoms with Crippen LogP contribution in [0, 0.1) is 5.92 Å². The number of halogens is 3. The van der Waals surface area contributed by atoms with E-state index in [-0.39, 0.29) is 18.9 Å². The van der Waals surface area contributed by atoms with Gasteiger partial charge in [0, 0.05) is 12.2 Å². The summed E-state index contributed by atoms with van der Waals surface area (Å²) in [6.45, 7) is 2.45. The maximum absolute atomic E-state index is 13.0. The third-order valence-corrected chi connectivity index (χ3v) is 5.21. The van der Waals surface area contributed by atoms with Crippen LogP contribution < -0.4 is 10.1 Å². The summed E-state index contributed by atoms with van der Waals surface area (Å²) >= 11 is 0. The van der Waals surface area contributed by atoms with Gasteiger partial charge in [-0.2, -0.15) is 13.2 Å². The Labute approximate surface area is 168 Å². The van der Waals surface area contributed by atoms with Crippen LogP contribution in [0.25, 0.3) is 0 Å². The van der Waals surface area contributed by atoms with Crippen LogP contribution >= 0.6 is 0 Å². The zero-order valence-corrected chi connectivity index (χ0v) is 16.3. The molecule has 0 aliphatic carbocycles. The van der Waals surface area contributed by atoms with E-state index in [0.717, 1.165) is 5.56 Å². The molecule has 0 radical (unpaired) electrons. The molecule has 1 aliphatic rings. The van der Waals surface area contributed by atoms with E-state index in [1.54, 1.807) is 36.1 Å². The van der Waals surface area contributed by atoms with Crippen molar-refractivity contribution in [3.05, 3.63) is 60.2 Å². The molecule has 29 heavy (non-hydrogen) atoms. The molecule has 7 heteroatoms. The van der Waals surface area contributed by atoms with Gasteiger partial charge in [-0.1, -0.05) is 30.3 Å². The van der Waals surface area contributed by atoms with Crippen LogP contribution in [0.15, 0.2) is 54.6 Å². The fourth-order valence-electron chi connectivity index (χ4n) is 3.41. The fraction of sp³-hybridized carbons (Fsp3) is 0.409. The molecule has 2 unspecified atom stereocenters. The zero-order chi connectivity index (χ0) is 20.9. The third-order valence-electron chi connectivity index (χ3n) is 5.21. The Bertz CT molecular complexity index is 794. The van der Waals surface area contributed by atoms with E-state index in [9.17, 15) is 18.0 Å². The molecule has 1 fully saturated rings. The Morgan fingerprint density at radius 1 is 1.17 bits per heavy atom. The summed E-state index contributed by atoms with van der Waals surface area (Å²) in [5.41, 5.74) is 1.63. The highest BCUT2D eigenvalue weighted by Gasteiger charge is 2.43. The van der Waals surface area contributed by atoms with E-state index in [1.807, 2.05) is 30.3 Å². The predicted octanol–water partition coefficient (Wildman–Crippen LogP) is 4.87. The molecular weight excluding hydrogens is 381 g/mol. The molecule has 0 saturated carbocycles. The quantitative estimate of drug-likeness (QED) is 0.744.